The first-order valence-electron chi connectivity index (χ1n) is 5.31. The van der Waals surface area contributed by atoms with E-state index >= 15 is 0 Å². The fraction of sp³-hybridized carbons (Fsp3) is 0.143. The molecule has 0 N–H and O–H groups in total. The average molecular weight is 312 g/mol. The zero-order valence-electron chi connectivity index (χ0n) is 9.20. The van der Waals surface area contributed by atoms with Crippen molar-refractivity contribution in [3.05, 3.63) is 69.2 Å². The molecule has 0 saturated heterocycles. The van der Waals surface area contributed by atoms with Gasteiger partial charge in [0.1, 0.15) is 0 Å². The molecular weight excluding hydrogens is 300 g/mol. The molecule has 88 valence electrons. The summed E-state index contributed by atoms with van der Waals surface area (Å²) in [5.41, 5.74) is 2.17. The maximum absolute atomic E-state index is 6.04. The molecule has 2 aromatic rings. The van der Waals surface area contributed by atoms with Gasteiger partial charge >= 0.3 is 0 Å². The maximum atomic E-state index is 6.04. The fourth-order valence-electron chi connectivity index (χ4n) is 1.47. The number of benzene rings is 2. The highest BCUT2D eigenvalue weighted by Gasteiger charge is 1.99. The first-order chi connectivity index (χ1) is 8.25. The van der Waals surface area contributed by atoms with Crippen LogP contribution >= 0.6 is 27.5 Å². The molecule has 2 rings (SSSR count). The molecule has 3 heteroatoms. The molecular formula is C14H12BrClO. The SMILES string of the molecule is Clc1ccccc1COCc1ccc(Br)cc1. The van der Waals surface area contributed by atoms with Gasteiger partial charge in [0.2, 0.25) is 0 Å². The van der Waals surface area contributed by atoms with E-state index in [0.717, 1.165) is 20.6 Å². The summed E-state index contributed by atoms with van der Waals surface area (Å²) in [5, 5.41) is 0.753. The third-order valence-corrected chi connectivity index (χ3v) is 3.29. The summed E-state index contributed by atoms with van der Waals surface area (Å²) in [6.45, 7) is 1.13. The van der Waals surface area contributed by atoms with Crippen molar-refractivity contribution in [3.8, 4) is 0 Å². The van der Waals surface area contributed by atoms with E-state index in [1.807, 2.05) is 48.5 Å². The van der Waals surface area contributed by atoms with Gasteiger partial charge in [-0.15, -0.1) is 0 Å². The van der Waals surface area contributed by atoms with E-state index in [2.05, 4.69) is 15.9 Å². The molecule has 0 fully saturated rings. The van der Waals surface area contributed by atoms with Crippen LogP contribution in [-0.4, -0.2) is 0 Å². The molecule has 0 aliphatic rings. The number of hydrogen-bond donors (Lipinski definition) is 0. The van der Waals surface area contributed by atoms with Gasteiger partial charge in [-0.1, -0.05) is 57.9 Å². The van der Waals surface area contributed by atoms with Crippen molar-refractivity contribution in [2.75, 3.05) is 0 Å². The summed E-state index contributed by atoms with van der Waals surface area (Å²) in [4.78, 5) is 0. The van der Waals surface area contributed by atoms with E-state index in [1.54, 1.807) is 0 Å². The molecule has 0 aromatic heterocycles. The second-order valence-corrected chi connectivity index (χ2v) is 5.03. The molecule has 0 heterocycles. The second kappa shape index (κ2) is 6.20. The summed E-state index contributed by atoms with van der Waals surface area (Å²) >= 11 is 9.44. The van der Waals surface area contributed by atoms with Crippen LogP contribution in [0.15, 0.2) is 53.0 Å². The monoisotopic (exact) mass is 310 g/mol. The van der Waals surface area contributed by atoms with Crippen molar-refractivity contribution in [1.82, 2.24) is 0 Å². The Hall–Kier alpha value is -0.830. The van der Waals surface area contributed by atoms with Gasteiger partial charge in [0.05, 0.1) is 13.2 Å². The van der Waals surface area contributed by atoms with Crippen LogP contribution in [0.2, 0.25) is 5.02 Å². The molecule has 0 amide bonds. The number of rotatable bonds is 4. The largest absolute Gasteiger partial charge is 0.372 e. The highest BCUT2D eigenvalue weighted by molar-refractivity contribution is 9.10. The van der Waals surface area contributed by atoms with E-state index in [4.69, 9.17) is 16.3 Å². The quantitative estimate of drug-likeness (QED) is 0.786. The molecule has 17 heavy (non-hydrogen) atoms. The van der Waals surface area contributed by atoms with Crippen LogP contribution in [0.1, 0.15) is 11.1 Å². The molecule has 0 aliphatic carbocycles. The second-order valence-electron chi connectivity index (χ2n) is 3.71. The standard InChI is InChI=1S/C14H12BrClO/c15-13-7-5-11(6-8-13)9-17-10-12-3-1-2-4-14(12)16/h1-8H,9-10H2. The first kappa shape index (κ1) is 12.6. The Balaban J connectivity index is 1.88. The van der Waals surface area contributed by atoms with Crippen LogP contribution in [0.3, 0.4) is 0 Å². The van der Waals surface area contributed by atoms with Gasteiger partial charge in [0.15, 0.2) is 0 Å². The van der Waals surface area contributed by atoms with Crippen LogP contribution in [-0.2, 0) is 18.0 Å². The normalized spacial score (nSPS) is 10.5. The lowest BCUT2D eigenvalue weighted by Crippen LogP contribution is -1.94. The van der Waals surface area contributed by atoms with Crippen LogP contribution in [0.4, 0.5) is 0 Å². The minimum atomic E-state index is 0.537. The summed E-state index contributed by atoms with van der Waals surface area (Å²) in [5.74, 6) is 0. The van der Waals surface area contributed by atoms with Gasteiger partial charge < -0.3 is 4.74 Å². The molecule has 2 aromatic carbocycles. The number of halogens is 2. The number of ether oxygens (including phenoxy) is 1. The maximum Gasteiger partial charge on any atom is 0.0735 e. The Morgan fingerprint density at radius 2 is 1.65 bits per heavy atom. The Bertz CT molecular complexity index is 482. The zero-order valence-corrected chi connectivity index (χ0v) is 11.5. The predicted molar refractivity (Wildman–Crippen MR) is 74.1 cm³/mol. The Morgan fingerprint density at radius 1 is 0.941 bits per heavy atom. The van der Waals surface area contributed by atoms with Gasteiger partial charge in [-0.2, -0.15) is 0 Å². The van der Waals surface area contributed by atoms with Crippen molar-refractivity contribution in [2.24, 2.45) is 0 Å². The Kier molecular flexibility index (Phi) is 4.60. The predicted octanol–water partition coefficient (Wildman–Crippen LogP) is 4.82. The van der Waals surface area contributed by atoms with Gasteiger partial charge in [-0.05, 0) is 29.3 Å². The number of hydrogen-bond acceptors (Lipinski definition) is 1. The van der Waals surface area contributed by atoms with E-state index in [-0.39, 0.29) is 0 Å². The smallest absolute Gasteiger partial charge is 0.0735 e. The van der Waals surface area contributed by atoms with Crippen molar-refractivity contribution in [1.29, 1.82) is 0 Å². The average Bonchev–Trinajstić information content (AvgIpc) is 2.34. The van der Waals surface area contributed by atoms with Crippen LogP contribution in [0.5, 0.6) is 0 Å². The van der Waals surface area contributed by atoms with Crippen LogP contribution < -0.4 is 0 Å². The van der Waals surface area contributed by atoms with Gasteiger partial charge in [-0.3, -0.25) is 0 Å². The molecule has 0 radical (unpaired) electrons. The lowest BCUT2D eigenvalue weighted by molar-refractivity contribution is 0.107. The Labute approximate surface area is 115 Å². The fourth-order valence-corrected chi connectivity index (χ4v) is 1.93. The van der Waals surface area contributed by atoms with Crippen molar-refractivity contribution in [2.45, 2.75) is 13.2 Å². The van der Waals surface area contributed by atoms with Crippen molar-refractivity contribution < 1.29 is 4.74 Å². The summed E-state index contributed by atoms with van der Waals surface area (Å²) in [6.07, 6.45) is 0. The molecule has 0 saturated carbocycles. The third-order valence-electron chi connectivity index (χ3n) is 2.40. The van der Waals surface area contributed by atoms with E-state index in [1.165, 1.54) is 0 Å². The molecule has 0 aliphatic heterocycles. The third kappa shape index (κ3) is 3.84. The van der Waals surface area contributed by atoms with Crippen LogP contribution in [0.25, 0.3) is 0 Å². The summed E-state index contributed by atoms with van der Waals surface area (Å²) in [6, 6.07) is 15.8. The highest BCUT2D eigenvalue weighted by Crippen LogP contribution is 2.17. The molecule has 0 unspecified atom stereocenters. The highest BCUT2D eigenvalue weighted by atomic mass is 79.9. The van der Waals surface area contributed by atoms with Crippen molar-refractivity contribution in [3.63, 3.8) is 0 Å². The summed E-state index contributed by atoms with van der Waals surface area (Å²) in [7, 11) is 0. The van der Waals surface area contributed by atoms with Crippen LogP contribution in [0, 0.1) is 0 Å². The van der Waals surface area contributed by atoms with Gasteiger partial charge in [0, 0.05) is 9.50 Å². The first-order valence-corrected chi connectivity index (χ1v) is 6.48. The lowest BCUT2D eigenvalue weighted by Gasteiger charge is -2.06. The molecule has 0 spiro atoms. The van der Waals surface area contributed by atoms with Gasteiger partial charge in [-0.25, -0.2) is 0 Å². The molecule has 1 nitrogen and oxygen atoms in total. The lowest BCUT2D eigenvalue weighted by atomic mass is 10.2. The Morgan fingerprint density at radius 3 is 2.35 bits per heavy atom. The van der Waals surface area contributed by atoms with E-state index in [0.29, 0.717) is 13.2 Å². The van der Waals surface area contributed by atoms with Gasteiger partial charge in [0.25, 0.3) is 0 Å². The minimum Gasteiger partial charge on any atom is -0.372 e. The van der Waals surface area contributed by atoms with E-state index < -0.39 is 0 Å². The summed E-state index contributed by atoms with van der Waals surface area (Å²) < 4.78 is 6.70. The zero-order chi connectivity index (χ0) is 12.1. The minimum absolute atomic E-state index is 0.537. The van der Waals surface area contributed by atoms with Crippen molar-refractivity contribution >= 4 is 27.5 Å². The molecule has 0 bridgehead atoms. The molecule has 0 atom stereocenters. The van der Waals surface area contributed by atoms with E-state index in [9.17, 15) is 0 Å². The topological polar surface area (TPSA) is 9.23 Å².